The molecule has 9 nitrogen and oxygen atoms in total. The van der Waals surface area contributed by atoms with Crippen molar-refractivity contribution in [3.8, 4) is 11.3 Å². The van der Waals surface area contributed by atoms with Gasteiger partial charge in [-0.3, -0.25) is 14.2 Å². The third-order valence-electron chi connectivity index (χ3n) is 5.80. The van der Waals surface area contributed by atoms with E-state index >= 15 is 0 Å². The van der Waals surface area contributed by atoms with Crippen molar-refractivity contribution >= 4 is 34.1 Å². The molecule has 3 aromatic heterocycles. The van der Waals surface area contributed by atoms with Crippen LogP contribution in [0.15, 0.2) is 71.6 Å². The van der Waals surface area contributed by atoms with Crippen molar-refractivity contribution in [1.82, 2.24) is 24.7 Å². The number of carbonyl (C=O) groups is 1. The van der Waals surface area contributed by atoms with Crippen LogP contribution in [0, 0.1) is 0 Å². The predicted molar refractivity (Wildman–Crippen MR) is 126 cm³/mol. The highest BCUT2D eigenvalue weighted by Gasteiger charge is 2.24. The van der Waals surface area contributed by atoms with Gasteiger partial charge in [0, 0.05) is 28.2 Å². The summed E-state index contributed by atoms with van der Waals surface area (Å²) < 4.78 is 14.5. The highest BCUT2D eigenvalue weighted by atomic mass is 35.5. The van der Waals surface area contributed by atoms with Gasteiger partial charge < -0.3 is 14.6 Å². The third-order valence-corrected chi connectivity index (χ3v) is 6.17. The average molecular weight is 475 g/mol. The summed E-state index contributed by atoms with van der Waals surface area (Å²) in [6.07, 6.45) is 5.12. The number of carbonyl (C=O) groups excluding carboxylic acids is 1. The number of hydrogen-bond acceptors (Lipinski definition) is 6. The summed E-state index contributed by atoms with van der Waals surface area (Å²) in [5.41, 5.74) is 3.47. The van der Waals surface area contributed by atoms with Gasteiger partial charge in [0.2, 0.25) is 0 Å². The van der Waals surface area contributed by atoms with Crippen LogP contribution < -0.4 is 5.32 Å². The fraction of sp³-hybridized carbons (Fsp3) is 0.167. The van der Waals surface area contributed by atoms with E-state index in [-0.39, 0.29) is 17.6 Å². The van der Waals surface area contributed by atoms with Crippen LogP contribution in [-0.2, 0) is 11.3 Å². The van der Waals surface area contributed by atoms with Crippen molar-refractivity contribution in [1.29, 1.82) is 0 Å². The molecule has 1 N–H and O–H groups in total. The van der Waals surface area contributed by atoms with Crippen molar-refractivity contribution in [2.45, 2.75) is 12.6 Å². The molecule has 2 aromatic carbocycles. The molecule has 5 aromatic rings. The molecular weight excluding hydrogens is 456 g/mol. The minimum absolute atomic E-state index is 0.172. The predicted octanol–water partition coefficient (Wildman–Crippen LogP) is 4.41. The summed E-state index contributed by atoms with van der Waals surface area (Å²) >= 11 is 6.22. The van der Waals surface area contributed by atoms with Gasteiger partial charge in [0.25, 0.3) is 5.91 Å². The molecule has 6 rings (SSSR count). The maximum atomic E-state index is 12.8. The number of halogens is 1. The van der Waals surface area contributed by atoms with E-state index in [4.69, 9.17) is 20.9 Å². The maximum absolute atomic E-state index is 12.8. The summed E-state index contributed by atoms with van der Waals surface area (Å²) in [7, 11) is 0. The van der Waals surface area contributed by atoms with Crippen molar-refractivity contribution in [3.05, 3.63) is 83.4 Å². The van der Waals surface area contributed by atoms with E-state index in [9.17, 15) is 4.79 Å². The summed E-state index contributed by atoms with van der Waals surface area (Å²) in [4.78, 5) is 12.8. The Morgan fingerprint density at radius 3 is 2.82 bits per heavy atom. The number of fused-ring (bicyclic) bond motifs is 1. The topological polar surface area (TPSA) is 100 Å². The Morgan fingerprint density at radius 2 is 2.00 bits per heavy atom. The second-order valence-corrected chi connectivity index (χ2v) is 8.47. The van der Waals surface area contributed by atoms with Gasteiger partial charge >= 0.3 is 0 Å². The minimum Gasteiger partial charge on any atom is -0.377 e. The van der Waals surface area contributed by atoms with Gasteiger partial charge in [0.1, 0.15) is 0 Å². The largest absolute Gasteiger partial charge is 0.377 e. The number of ether oxygens (including phenoxy) is 1. The van der Waals surface area contributed by atoms with E-state index in [2.05, 4.69) is 20.7 Å². The standard InChI is InChI=1S/C24H19ClN6O3/c25-20-6-2-1-4-15(20)11-30-12-16(9-26-30)28-24(32)21-8-23(34-29-21)18-5-3-7-22-19(18)10-27-31(22)17-13-33-14-17/h1-10,12,17H,11,13-14H2,(H,28,32). The maximum Gasteiger partial charge on any atom is 0.277 e. The molecule has 1 saturated heterocycles. The third kappa shape index (κ3) is 3.74. The Labute approximate surface area is 198 Å². The number of anilines is 1. The van der Waals surface area contributed by atoms with Gasteiger partial charge in [-0.1, -0.05) is 47.1 Å². The molecule has 1 amide bonds. The van der Waals surface area contributed by atoms with Crippen molar-refractivity contribution in [3.63, 3.8) is 0 Å². The lowest BCUT2D eigenvalue weighted by Gasteiger charge is -2.26. The molecule has 10 heteroatoms. The molecule has 0 radical (unpaired) electrons. The molecule has 0 saturated carbocycles. The van der Waals surface area contributed by atoms with Gasteiger partial charge in [-0.25, -0.2) is 0 Å². The molecule has 1 aliphatic rings. The zero-order chi connectivity index (χ0) is 23.1. The molecule has 0 atom stereocenters. The fourth-order valence-corrected chi connectivity index (χ4v) is 4.16. The lowest BCUT2D eigenvalue weighted by atomic mass is 10.1. The van der Waals surface area contributed by atoms with E-state index in [1.807, 2.05) is 47.1 Å². The number of nitrogens with one attached hydrogen (secondary N) is 1. The summed E-state index contributed by atoms with van der Waals surface area (Å²) in [5, 5.41) is 17.2. The quantitative estimate of drug-likeness (QED) is 0.391. The first kappa shape index (κ1) is 20.6. The zero-order valence-corrected chi connectivity index (χ0v) is 18.6. The highest BCUT2D eigenvalue weighted by molar-refractivity contribution is 6.31. The van der Waals surface area contributed by atoms with Crippen LogP contribution in [0.3, 0.4) is 0 Å². The Kier molecular flexibility index (Phi) is 5.12. The summed E-state index contributed by atoms with van der Waals surface area (Å²) in [6.45, 7) is 1.81. The second kappa shape index (κ2) is 8.44. The Bertz CT molecular complexity index is 1500. The van der Waals surface area contributed by atoms with Gasteiger partial charge in [-0.15, -0.1) is 0 Å². The SMILES string of the molecule is O=C(Nc1cnn(Cc2ccccc2Cl)c1)c1cc(-c2cccc3c2cnn3C2COC2)on1. The molecule has 0 bridgehead atoms. The Morgan fingerprint density at radius 1 is 1.12 bits per heavy atom. The molecule has 0 spiro atoms. The smallest absolute Gasteiger partial charge is 0.277 e. The first-order valence-electron chi connectivity index (χ1n) is 10.7. The molecular formula is C24H19ClN6O3. The summed E-state index contributed by atoms with van der Waals surface area (Å²) in [6, 6.07) is 15.3. The second-order valence-electron chi connectivity index (χ2n) is 8.07. The number of nitrogens with zero attached hydrogens (tertiary/aromatic N) is 5. The van der Waals surface area contributed by atoms with Crippen LogP contribution in [0.1, 0.15) is 22.1 Å². The van der Waals surface area contributed by atoms with Crippen molar-refractivity contribution in [2.24, 2.45) is 0 Å². The van der Waals surface area contributed by atoms with Crippen LogP contribution in [0.25, 0.3) is 22.2 Å². The Hall–Kier alpha value is -3.95. The van der Waals surface area contributed by atoms with Crippen LogP contribution in [-0.4, -0.2) is 43.8 Å². The molecule has 170 valence electrons. The van der Waals surface area contributed by atoms with Gasteiger partial charge in [0.05, 0.1) is 49.4 Å². The monoisotopic (exact) mass is 474 g/mol. The first-order chi connectivity index (χ1) is 16.7. The van der Waals surface area contributed by atoms with Crippen molar-refractivity contribution in [2.75, 3.05) is 18.5 Å². The lowest BCUT2D eigenvalue weighted by molar-refractivity contribution is -0.0266. The fourth-order valence-electron chi connectivity index (χ4n) is 3.96. The van der Waals surface area contributed by atoms with E-state index in [1.165, 1.54) is 0 Å². The normalized spacial score (nSPS) is 13.8. The number of rotatable bonds is 6. The van der Waals surface area contributed by atoms with Crippen LogP contribution in [0.2, 0.25) is 5.02 Å². The Balaban J connectivity index is 1.19. The number of amides is 1. The minimum atomic E-state index is -0.387. The summed E-state index contributed by atoms with van der Waals surface area (Å²) in [5.74, 6) is 0.108. The van der Waals surface area contributed by atoms with E-state index in [0.29, 0.717) is 36.2 Å². The number of benzene rings is 2. The van der Waals surface area contributed by atoms with E-state index < -0.39 is 0 Å². The highest BCUT2D eigenvalue weighted by Crippen LogP contribution is 2.31. The van der Waals surface area contributed by atoms with Gasteiger partial charge in [-0.05, 0) is 17.7 Å². The lowest BCUT2D eigenvalue weighted by Crippen LogP contribution is -2.31. The van der Waals surface area contributed by atoms with Crippen LogP contribution >= 0.6 is 11.6 Å². The van der Waals surface area contributed by atoms with Gasteiger partial charge in [-0.2, -0.15) is 10.2 Å². The first-order valence-corrected chi connectivity index (χ1v) is 11.1. The van der Waals surface area contributed by atoms with E-state index in [1.54, 1.807) is 29.3 Å². The molecule has 1 aliphatic heterocycles. The molecule has 4 heterocycles. The average Bonchev–Trinajstić information content (AvgIpc) is 3.55. The number of hydrogen-bond donors (Lipinski definition) is 1. The molecule has 34 heavy (non-hydrogen) atoms. The van der Waals surface area contributed by atoms with Crippen LogP contribution in [0.5, 0.6) is 0 Å². The molecule has 0 aliphatic carbocycles. The van der Waals surface area contributed by atoms with E-state index in [0.717, 1.165) is 22.0 Å². The van der Waals surface area contributed by atoms with Crippen molar-refractivity contribution < 1.29 is 14.1 Å². The molecule has 0 unspecified atom stereocenters. The number of aromatic nitrogens is 5. The zero-order valence-electron chi connectivity index (χ0n) is 17.9. The molecule has 1 fully saturated rings. The van der Waals surface area contributed by atoms with Crippen LogP contribution in [0.4, 0.5) is 5.69 Å². The van der Waals surface area contributed by atoms with Gasteiger partial charge in [0.15, 0.2) is 11.5 Å².